The largest absolute Gasteiger partial charge is 0.455 e. The average Bonchev–Trinajstić information content (AvgIpc) is 3.12. The smallest absolute Gasteiger partial charge is 0.322 e. The Morgan fingerprint density at radius 2 is 1.80 bits per heavy atom. The third-order valence-corrected chi connectivity index (χ3v) is 4.97. The molecule has 2 saturated heterocycles. The summed E-state index contributed by atoms with van der Waals surface area (Å²) in [5.41, 5.74) is 0.699. The van der Waals surface area contributed by atoms with E-state index < -0.39 is 0 Å². The Morgan fingerprint density at radius 3 is 2.68 bits per heavy atom. The van der Waals surface area contributed by atoms with Crippen molar-refractivity contribution in [2.45, 2.75) is 18.9 Å². The van der Waals surface area contributed by atoms with Crippen LogP contribution in [0.4, 0.5) is 10.5 Å². The fourth-order valence-electron chi connectivity index (χ4n) is 3.64. The second-order valence-corrected chi connectivity index (χ2v) is 6.62. The van der Waals surface area contributed by atoms with Crippen molar-refractivity contribution >= 4 is 11.7 Å². The van der Waals surface area contributed by atoms with Gasteiger partial charge in [0.15, 0.2) is 5.75 Å². The number of carbonyl (C=O) groups excluding carboxylic acids is 1. The number of piperazine rings is 1. The van der Waals surface area contributed by atoms with Crippen molar-refractivity contribution in [3.05, 3.63) is 54.6 Å². The summed E-state index contributed by atoms with van der Waals surface area (Å²) in [5.74, 6) is 1.41. The van der Waals surface area contributed by atoms with E-state index in [1.54, 1.807) is 0 Å². The molecule has 5 nitrogen and oxygen atoms in total. The monoisotopic (exact) mass is 337 g/mol. The Labute approximate surface area is 148 Å². The molecule has 2 aliphatic rings. The number of fused-ring (bicyclic) bond motifs is 1. The lowest BCUT2D eigenvalue weighted by molar-refractivity contribution is 0.124. The molecule has 2 heterocycles. The number of anilines is 1. The first kappa shape index (κ1) is 16.0. The zero-order valence-electron chi connectivity index (χ0n) is 14.2. The number of benzene rings is 2. The Kier molecular flexibility index (Phi) is 4.57. The van der Waals surface area contributed by atoms with Gasteiger partial charge in [-0.15, -0.1) is 0 Å². The van der Waals surface area contributed by atoms with E-state index in [9.17, 15) is 4.79 Å². The number of hydrogen-bond acceptors (Lipinski definition) is 3. The van der Waals surface area contributed by atoms with Gasteiger partial charge in [-0.3, -0.25) is 4.90 Å². The summed E-state index contributed by atoms with van der Waals surface area (Å²) in [6, 6.07) is 17.6. The van der Waals surface area contributed by atoms with Gasteiger partial charge in [-0.25, -0.2) is 4.79 Å². The van der Waals surface area contributed by atoms with Crippen LogP contribution >= 0.6 is 0 Å². The van der Waals surface area contributed by atoms with Gasteiger partial charge < -0.3 is 15.0 Å². The molecular formula is C20H23N3O2. The quantitative estimate of drug-likeness (QED) is 0.927. The molecule has 130 valence electrons. The molecule has 2 aromatic carbocycles. The van der Waals surface area contributed by atoms with E-state index in [1.807, 2.05) is 59.5 Å². The summed E-state index contributed by atoms with van der Waals surface area (Å²) in [5, 5.41) is 3.02. The Morgan fingerprint density at radius 1 is 1.00 bits per heavy atom. The number of ether oxygens (including phenoxy) is 1. The van der Waals surface area contributed by atoms with Gasteiger partial charge in [-0.1, -0.05) is 30.3 Å². The fraction of sp³-hybridized carbons (Fsp3) is 0.350. The van der Waals surface area contributed by atoms with Gasteiger partial charge in [0.05, 0.1) is 5.69 Å². The molecular weight excluding hydrogens is 314 g/mol. The number of nitrogens with one attached hydrogen (secondary N) is 1. The lowest BCUT2D eigenvalue weighted by atomic mass is 10.1. The summed E-state index contributed by atoms with van der Waals surface area (Å²) in [6.07, 6.45) is 2.44. The normalized spacial score (nSPS) is 20.2. The van der Waals surface area contributed by atoms with Crippen LogP contribution in [0.3, 0.4) is 0 Å². The van der Waals surface area contributed by atoms with E-state index >= 15 is 0 Å². The highest BCUT2D eigenvalue weighted by Gasteiger charge is 2.32. The number of amides is 2. The molecule has 2 aliphatic heterocycles. The molecule has 0 bridgehead atoms. The molecule has 0 radical (unpaired) electrons. The van der Waals surface area contributed by atoms with Crippen LogP contribution in [0, 0.1) is 0 Å². The predicted molar refractivity (Wildman–Crippen MR) is 98.1 cm³/mol. The summed E-state index contributed by atoms with van der Waals surface area (Å²) in [6.45, 7) is 3.74. The molecule has 2 fully saturated rings. The minimum absolute atomic E-state index is 0.0457. The first-order valence-corrected chi connectivity index (χ1v) is 8.91. The van der Waals surface area contributed by atoms with Crippen LogP contribution in [0.1, 0.15) is 12.8 Å². The Balaban J connectivity index is 1.44. The highest BCUT2D eigenvalue weighted by molar-refractivity contribution is 5.91. The fourth-order valence-corrected chi connectivity index (χ4v) is 3.64. The van der Waals surface area contributed by atoms with Crippen molar-refractivity contribution in [3.63, 3.8) is 0 Å². The van der Waals surface area contributed by atoms with E-state index in [2.05, 4.69) is 10.2 Å². The molecule has 2 amide bonds. The van der Waals surface area contributed by atoms with Crippen LogP contribution in [0.15, 0.2) is 54.6 Å². The van der Waals surface area contributed by atoms with Crippen LogP contribution < -0.4 is 10.1 Å². The van der Waals surface area contributed by atoms with E-state index in [4.69, 9.17) is 4.74 Å². The zero-order chi connectivity index (χ0) is 17.1. The zero-order valence-corrected chi connectivity index (χ0v) is 14.2. The second-order valence-electron chi connectivity index (χ2n) is 6.62. The van der Waals surface area contributed by atoms with Gasteiger partial charge in [0, 0.05) is 25.7 Å². The maximum absolute atomic E-state index is 12.7. The van der Waals surface area contributed by atoms with Crippen LogP contribution in [0.2, 0.25) is 0 Å². The summed E-state index contributed by atoms with van der Waals surface area (Å²) in [4.78, 5) is 17.1. The maximum Gasteiger partial charge on any atom is 0.322 e. The minimum Gasteiger partial charge on any atom is -0.455 e. The molecule has 5 heteroatoms. The Bertz CT molecular complexity index is 735. The molecule has 4 rings (SSSR count). The minimum atomic E-state index is -0.0457. The van der Waals surface area contributed by atoms with Gasteiger partial charge in [0.2, 0.25) is 0 Å². The SMILES string of the molecule is O=C(Nc1ccccc1Oc1ccccc1)N1CCN2CCCC2C1. The number of hydrogen-bond donors (Lipinski definition) is 1. The van der Waals surface area contributed by atoms with E-state index in [0.717, 1.165) is 25.4 Å². The number of urea groups is 1. The van der Waals surface area contributed by atoms with Crippen LogP contribution in [-0.4, -0.2) is 48.1 Å². The number of para-hydroxylation sites is 3. The summed E-state index contributed by atoms with van der Waals surface area (Å²) < 4.78 is 5.93. The van der Waals surface area contributed by atoms with Crippen LogP contribution in [0.5, 0.6) is 11.5 Å². The molecule has 1 unspecified atom stereocenters. The second kappa shape index (κ2) is 7.15. The molecule has 0 aliphatic carbocycles. The average molecular weight is 337 g/mol. The Hall–Kier alpha value is -2.53. The molecule has 0 saturated carbocycles. The molecule has 25 heavy (non-hydrogen) atoms. The lowest BCUT2D eigenvalue weighted by Crippen LogP contribution is -2.53. The first-order chi connectivity index (χ1) is 12.3. The highest BCUT2D eigenvalue weighted by atomic mass is 16.5. The van der Waals surface area contributed by atoms with Crippen molar-refractivity contribution in [2.75, 3.05) is 31.5 Å². The molecule has 2 aromatic rings. The maximum atomic E-state index is 12.7. The van der Waals surface area contributed by atoms with Crippen molar-refractivity contribution < 1.29 is 9.53 Å². The lowest BCUT2D eigenvalue weighted by Gasteiger charge is -2.37. The first-order valence-electron chi connectivity index (χ1n) is 8.91. The van der Waals surface area contributed by atoms with Crippen LogP contribution in [0.25, 0.3) is 0 Å². The molecule has 0 aromatic heterocycles. The van der Waals surface area contributed by atoms with Crippen LogP contribution in [-0.2, 0) is 0 Å². The number of rotatable bonds is 3. The number of carbonyl (C=O) groups is 1. The third kappa shape index (κ3) is 3.61. The molecule has 0 spiro atoms. The van der Waals surface area contributed by atoms with Crippen molar-refractivity contribution in [2.24, 2.45) is 0 Å². The highest BCUT2D eigenvalue weighted by Crippen LogP contribution is 2.30. The van der Waals surface area contributed by atoms with Crippen molar-refractivity contribution in [1.82, 2.24) is 9.80 Å². The molecule has 1 N–H and O–H groups in total. The molecule has 1 atom stereocenters. The van der Waals surface area contributed by atoms with Gasteiger partial charge in [-0.05, 0) is 43.7 Å². The topological polar surface area (TPSA) is 44.8 Å². The van der Waals surface area contributed by atoms with Gasteiger partial charge in [0.1, 0.15) is 5.75 Å². The van der Waals surface area contributed by atoms with Gasteiger partial charge in [0.25, 0.3) is 0 Å². The predicted octanol–water partition coefficient (Wildman–Crippen LogP) is 3.79. The van der Waals surface area contributed by atoms with Gasteiger partial charge in [-0.2, -0.15) is 0 Å². The van der Waals surface area contributed by atoms with E-state index in [1.165, 1.54) is 19.4 Å². The van der Waals surface area contributed by atoms with Crippen molar-refractivity contribution in [1.29, 1.82) is 0 Å². The van der Waals surface area contributed by atoms with E-state index in [0.29, 0.717) is 17.5 Å². The number of nitrogens with zero attached hydrogens (tertiary/aromatic N) is 2. The van der Waals surface area contributed by atoms with E-state index in [-0.39, 0.29) is 6.03 Å². The van der Waals surface area contributed by atoms with Crippen molar-refractivity contribution in [3.8, 4) is 11.5 Å². The standard InChI is InChI=1S/C20H23N3O2/c24-20(23-14-13-22-12-6-7-16(22)15-23)21-18-10-4-5-11-19(18)25-17-8-2-1-3-9-17/h1-5,8-11,16H,6-7,12-15H2,(H,21,24). The summed E-state index contributed by atoms with van der Waals surface area (Å²) in [7, 11) is 0. The van der Waals surface area contributed by atoms with Gasteiger partial charge >= 0.3 is 6.03 Å². The summed E-state index contributed by atoms with van der Waals surface area (Å²) >= 11 is 0. The third-order valence-electron chi connectivity index (χ3n) is 4.97.